The third kappa shape index (κ3) is 4.63. The van der Waals surface area contributed by atoms with Crippen LogP contribution in [-0.2, 0) is 4.57 Å². The van der Waals surface area contributed by atoms with Crippen LogP contribution in [-0.4, -0.2) is 19.1 Å². The summed E-state index contributed by atoms with van der Waals surface area (Å²) in [7, 11) is -1.96. The Bertz CT molecular complexity index is 98.2. The highest BCUT2D eigenvalue weighted by Crippen LogP contribution is 2.38. The van der Waals surface area contributed by atoms with E-state index in [1.165, 1.54) is 0 Å². The molecule has 0 fully saturated rings. The van der Waals surface area contributed by atoms with E-state index in [4.69, 9.17) is 5.73 Å². The molecule has 8 heavy (non-hydrogen) atoms. The van der Waals surface area contributed by atoms with Gasteiger partial charge in [-0.05, 0) is 20.3 Å². The molecule has 2 nitrogen and oxygen atoms in total. The smallest absolute Gasteiger partial charge is 0.0974 e. The Hall–Kier alpha value is 0.480. The topological polar surface area (TPSA) is 43.1 Å². The van der Waals surface area contributed by atoms with Crippen LogP contribution >= 0.6 is 19.5 Å². The summed E-state index contributed by atoms with van der Waals surface area (Å²) >= 11 is 0. The van der Waals surface area contributed by atoms with Crippen molar-refractivity contribution in [2.24, 2.45) is 5.73 Å². The molecule has 0 amide bonds. The molecule has 0 aliphatic carbocycles. The van der Waals surface area contributed by atoms with Gasteiger partial charge in [-0.25, -0.2) is 0 Å². The molecule has 0 aromatic rings. The standard InChI is InChI=1S/C4H12NOP.ClH/c1-4(5)7(2,3)6;/h4H,5H2,1-3H3;1H/t4-;/m1./s1. The zero-order chi connectivity index (χ0) is 6.08. The summed E-state index contributed by atoms with van der Waals surface area (Å²) < 4.78 is 10.8. The minimum Gasteiger partial charge on any atom is -0.323 e. The molecule has 0 heterocycles. The molecule has 0 aliphatic heterocycles. The van der Waals surface area contributed by atoms with Gasteiger partial charge in [0, 0.05) is 0 Å². The SMILES string of the molecule is C[C@H](N)P(C)(C)=O.Cl. The molecule has 0 radical (unpaired) electrons. The molecule has 0 spiro atoms. The van der Waals surface area contributed by atoms with Crippen molar-refractivity contribution in [3.63, 3.8) is 0 Å². The first-order valence-electron chi connectivity index (χ1n) is 2.25. The Morgan fingerprint density at radius 2 is 1.62 bits per heavy atom. The van der Waals surface area contributed by atoms with Crippen molar-refractivity contribution < 1.29 is 4.57 Å². The van der Waals surface area contributed by atoms with Crippen LogP contribution in [0.1, 0.15) is 6.92 Å². The number of rotatable bonds is 1. The molecule has 0 aliphatic rings. The molecular formula is C4H13ClNOP. The summed E-state index contributed by atoms with van der Waals surface area (Å²) in [6.45, 7) is 5.15. The molecule has 0 unspecified atom stereocenters. The summed E-state index contributed by atoms with van der Waals surface area (Å²) in [5.74, 6) is -0.146. The normalized spacial score (nSPS) is 14.5. The highest BCUT2D eigenvalue weighted by atomic mass is 35.5. The van der Waals surface area contributed by atoms with Gasteiger partial charge in [0.15, 0.2) is 0 Å². The molecular weight excluding hydrogens is 144 g/mol. The van der Waals surface area contributed by atoms with Crippen molar-refractivity contribution >= 4 is 19.5 Å². The van der Waals surface area contributed by atoms with Gasteiger partial charge >= 0.3 is 0 Å². The van der Waals surface area contributed by atoms with E-state index in [2.05, 4.69) is 0 Å². The van der Waals surface area contributed by atoms with Crippen LogP contribution in [0.15, 0.2) is 0 Å². The van der Waals surface area contributed by atoms with Crippen LogP contribution in [0.5, 0.6) is 0 Å². The highest BCUT2D eigenvalue weighted by molar-refractivity contribution is 7.62. The zero-order valence-electron chi connectivity index (χ0n) is 5.42. The average Bonchev–Trinajstić information content (AvgIpc) is 1.31. The molecule has 0 aromatic heterocycles. The first kappa shape index (κ1) is 11.3. The van der Waals surface area contributed by atoms with Gasteiger partial charge < -0.3 is 10.3 Å². The predicted molar refractivity (Wildman–Crippen MR) is 40.4 cm³/mol. The van der Waals surface area contributed by atoms with Crippen LogP contribution in [0.4, 0.5) is 0 Å². The number of nitrogens with two attached hydrogens (primary N) is 1. The van der Waals surface area contributed by atoms with E-state index in [1.54, 1.807) is 20.3 Å². The third-order valence-electron chi connectivity index (χ3n) is 0.981. The van der Waals surface area contributed by atoms with E-state index >= 15 is 0 Å². The van der Waals surface area contributed by atoms with Crippen molar-refractivity contribution in [1.82, 2.24) is 0 Å². The van der Waals surface area contributed by atoms with Gasteiger partial charge in [0.05, 0.1) is 12.9 Å². The van der Waals surface area contributed by atoms with Gasteiger partial charge in [-0.1, -0.05) is 0 Å². The molecule has 0 rings (SSSR count). The van der Waals surface area contributed by atoms with Crippen molar-refractivity contribution in [3.05, 3.63) is 0 Å². The van der Waals surface area contributed by atoms with Gasteiger partial charge in [0.2, 0.25) is 0 Å². The summed E-state index contributed by atoms with van der Waals surface area (Å²) in [4.78, 5) is 0. The fraction of sp³-hybridized carbons (Fsp3) is 1.00. The second-order valence-corrected chi connectivity index (χ2v) is 5.86. The van der Waals surface area contributed by atoms with Gasteiger partial charge in [0.25, 0.3) is 0 Å². The van der Waals surface area contributed by atoms with E-state index in [9.17, 15) is 4.57 Å². The zero-order valence-corrected chi connectivity index (χ0v) is 7.13. The Kier molecular flexibility index (Phi) is 4.94. The maximum absolute atomic E-state index is 10.8. The van der Waals surface area contributed by atoms with E-state index in [-0.39, 0.29) is 18.2 Å². The molecule has 0 saturated heterocycles. The lowest BCUT2D eigenvalue weighted by Crippen LogP contribution is -2.13. The second kappa shape index (κ2) is 3.49. The Labute approximate surface area is 56.6 Å². The lowest BCUT2D eigenvalue weighted by molar-refractivity contribution is 0.575. The molecule has 52 valence electrons. The van der Waals surface area contributed by atoms with E-state index < -0.39 is 7.14 Å². The van der Waals surface area contributed by atoms with E-state index in [0.29, 0.717) is 0 Å². The largest absolute Gasteiger partial charge is 0.323 e. The molecule has 2 N–H and O–H groups in total. The monoisotopic (exact) mass is 157 g/mol. The minimum atomic E-state index is -1.96. The minimum absolute atomic E-state index is 0. The summed E-state index contributed by atoms with van der Waals surface area (Å²) in [6.07, 6.45) is 0. The van der Waals surface area contributed by atoms with Crippen molar-refractivity contribution in [3.8, 4) is 0 Å². The van der Waals surface area contributed by atoms with Crippen molar-refractivity contribution in [2.45, 2.75) is 12.7 Å². The predicted octanol–water partition coefficient (Wildman–Crippen LogP) is 1.34. The number of hydrogen-bond donors (Lipinski definition) is 1. The molecule has 0 saturated carbocycles. The maximum atomic E-state index is 10.8. The molecule has 1 atom stereocenters. The quantitative estimate of drug-likeness (QED) is 0.584. The Morgan fingerprint density at radius 3 is 1.62 bits per heavy atom. The summed E-state index contributed by atoms with van der Waals surface area (Å²) in [6, 6.07) is 0. The number of halogens is 1. The van der Waals surface area contributed by atoms with Gasteiger partial charge in [-0.15, -0.1) is 12.4 Å². The second-order valence-electron chi connectivity index (χ2n) is 2.17. The first-order valence-corrected chi connectivity index (χ1v) is 4.92. The Morgan fingerprint density at radius 1 is 1.50 bits per heavy atom. The average molecular weight is 158 g/mol. The fourth-order valence-corrected chi connectivity index (χ4v) is 0. The summed E-state index contributed by atoms with van der Waals surface area (Å²) in [5, 5.41) is 0. The van der Waals surface area contributed by atoms with Gasteiger partial charge in [-0.2, -0.15) is 0 Å². The summed E-state index contributed by atoms with van der Waals surface area (Å²) in [5.41, 5.74) is 5.31. The van der Waals surface area contributed by atoms with E-state index in [1.807, 2.05) is 0 Å². The highest BCUT2D eigenvalue weighted by Gasteiger charge is 2.11. The van der Waals surface area contributed by atoms with Crippen LogP contribution < -0.4 is 5.73 Å². The van der Waals surface area contributed by atoms with Crippen LogP contribution in [0.25, 0.3) is 0 Å². The van der Waals surface area contributed by atoms with E-state index in [0.717, 1.165) is 0 Å². The first-order chi connectivity index (χ1) is 2.94. The lowest BCUT2D eigenvalue weighted by Gasteiger charge is -2.08. The van der Waals surface area contributed by atoms with Crippen LogP contribution in [0.3, 0.4) is 0 Å². The van der Waals surface area contributed by atoms with Crippen LogP contribution in [0.2, 0.25) is 0 Å². The fourth-order valence-electron chi connectivity index (χ4n) is 0. The third-order valence-corrected chi connectivity index (χ3v) is 2.94. The van der Waals surface area contributed by atoms with Crippen LogP contribution in [0, 0.1) is 0 Å². The molecule has 0 aromatic carbocycles. The van der Waals surface area contributed by atoms with Crippen molar-refractivity contribution in [2.75, 3.05) is 13.3 Å². The van der Waals surface area contributed by atoms with Crippen molar-refractivity contribution in [1.29, 1.82) is 0 Å². The lowest BCUT2D eigenvalue weighted by atomic mass is 10.8. The Balaban J connectivity index is 0. The van der Waals surface area contributed by atoms with Gasteiger partial charge in [0.1, 0.15) is 0 Å². The number of hydrogen-bond acceptors (Lipinski definition) is 2. The maximum Gasteiger partial charge on any atom is 0.0974 e. The molecule has 0 bridgehead atoms. The molecule has 4 heteroatoms. The van der Waals surface area contributed by atoms with Gasteiger partial charge in [-0.3, -0.25) is 0 Å².